The van der Waals surface area contributed by atoms with Gasteiger partial charge in [0, 0.05) is 0 Å². The van der Waals surface area contributed by atoms with Crippen molar-refractivity contribution in [2.24, 2.45) is 0 Å². The molecule has 0 aromatic rings. The fourth-order valence-electron chi connectivity index (χ4n) is 0.328. The Bertz CT molecular complexity index is 112. The maximum absolute atomic E-state index is 9.98. The number of hydrogen-bond acceptors (Lipinski definition) is 2. The van der Waals surface area contributed by atoms with Crippen molar-refractivity contribution in [3.05, 3.63) is 0 Å². The number of unbranched alkanes of at least 4 members (excludes halogenated alkanes) is 1. The number of phosphoric ester groups is 1. The molecule has 0 fully saturated rings. The van der Waals surface area contributed by atoms with Crippen LogP contribution in [0.1, 0.15) is 19.8 Å². The van der Waals surface area contributed by atoms with Crippen LogP contribution in [-0.4, -0.2) is 16.4 Å². The van der Waals surface area contributed by atoms with Crippen LogP contribution in [0.5, 0.6) is 0 Å². The summed E-state index contributed by atoms with van der Waals surface area (Å²) in [4.78, 5) is 16.3. The largest absolute Gasteiger partial charge is 1.00 e. The molecule has 0 radical (unpaired) electrons. The van der Waals surface area contributed by atoms with Crippen molar-refractivity contribution in [1.82, 2.24) is 0 Å². The van der Waals surface area contributed by atoms with E-state index >= 15 is 0 Å². The van der Waals surface area contributed by atoms with Gasteiger partial charge in [-0.3, -0.25) is 4.52 Å². The quantitative estimate of drug-likeness (QED) is 0.305. The van der Waals surface area contributed by atoms with Gasteiger partial charge in [0.05, 0.1) is 6.61 Å². The Hall–Kier alpha value is 1.75. The van der Waals surface area contributed by atoms with Gasteiger partial charge in [0.25, 0.3) is 0 Å². The first-order valence-corrected chi connectivity index (χ1v) is 4.29. The maximum atomic E-state index is 9.98. The van der Waals surface area contributed by atoms with E-state index in [0.717, 1.165) is 6.42 Å². The molecule has 0 saturated carbocycles. The maximum Gasteiger partial charge on any atom is 1.00 e. The van der Waals surface area contributed by atoms with Crippen LogP contribution < -0.4 is 51.4 Å². The van der Waals surface area contributed by atoms with Crippen LogP contribution >= 0.6 is 7.82 Å². The van der Waals surface area contributed by atoms with Gasteiger partial charge in [0.1, 0.15) is 0 Å². The zero-order valence-electron chi connectivity index (χ0n) is 6.28. The van der Waals surface area contributed by atoms with Gasteiger partial charge < -0.3 is 9.79 Å². The second-order valence-electron chi connectivity index (χ2n) is 1.68. The van der Waals surface area contributed by atoms with Gasteiger partial charge >= 0.3 is 59.2 Å². The fraction of sp³-hybridized carbons (Fsp3) is 1.00. The summed E-state index contributed by atoms with van der Waals surface area (Å²) >= 11 is 0. The number of hydrogen-bond donors (Lipinski definition) is 2. The van der Waals surface area contributed by atoms with Crippen molar-refractivity contribution in [1.29, 1.82) is 0 Å². The summed E-state index contributed by atoms with van der Waals surface area (Å²) in [5.74, 6) is 0. The first kappa shape index (κ1) is 14.3. The summed E-state index contributed by atoms with van der Waals surface area (Å²) in [6.07, 6.45) is 1.56. The zero-order valence-corrected chi connectivity index (χ0v) is 10.3. The van der Waals surface area contributed by atoms with E-state index in [9.17, 15) is 4.57 Å². The van der Waals surface area contributed by atoms with Gasteiger partial charge in [0.2, 0.25) is 0 Å². The van der Waals surface area contributed by atoms with E-state index in [1.165, 1.54) is 0 Å². The Balaban J connectivity index is 0. The second kappa shape index (κ2) is 7.40. The predicted octanol–water partition coefficient (Wildman–Crippen LogP) is -2.10. The molecule has 0 spiro atoms. The van der Waals surface area contributed by atoms with Gasteiger partial charge in [-0.15, -0.1) is 0 Å². The van der Waals surface area contributed by atoms with Crippen LogP contribution in [0.25, 0.3) is 0 Å². The summed E-state index contributed by atoms with van der Waals surface area (Å²) in [7, 11) is -4.20. The van der Waals surface area contributed by atoms with Crippen molar-refractivity contribution < 1.29 is 70.3 Å². The Morgan fingerprint density at radius 3 is 2.30 bits per heavy atom. The fourth-order valence-corrected chi connectivity index (χ4v) is 0.695. The van der Waals surface area contributed by atoms with Gasteiger partial charge in [-0.2, -0.15) is 0 Å². The van der Waals surface area contributed by atoms with E-state index in [4.69, 9.17) is 9.79 Å². The molecule has 0 aliphatic rings. The topological polar surface area (TPSA) is 66.8 Å². The van der Waals surface area contributed by atoms with E-state index in [1.54, 1.807) is 0 Å². The first-order chi connectivity index (χ1) is 4.06. The molecule has 2 N–H and O–H groups in total. The third kappa shape index (κ3) is 12.4. The average molecular weight is 193 g/mol. The van der Waals surface area contributed by atoms with Gasteiger partial charge in [-0.25, -0.2) is 4.57 Å². The molecule has 0 aliphatic carbocycles. The molecule has 0 aromatic heterocycles. The van der Waals surface area contributed by atoms with E-state index in [-0.39, 0.29) is 58.0 Å². The first-order valence-electron chi connectivity index (χ1n) is 2.76. The minimum absolute atomic E-state index is 0. The molecular formula is C4H11KO4P+. The van der Waals surface area contributed by atoms with Crippen molar-refractivity contribution >= 4 is 7.82 Å². The molecule has 0 amide bonds. The molecule has 4 nitrogen and oxygen atoms in total. The van der Waals surface area contributed by atoms with Crippen molar-refractivity contribution in [3.8, 4) is 0 Å². The smallest absolute Gasteiger partial charge is 0.303 e. The molecule has 0 aromatic carbocycles. The third-order valence-corrected chi connectivity index (χ3v) is 1.28. The van der Waals surface area contributed by atoms with Crippen LogP contribution in [0.15, 0.2) is 0 Å². The summed E-state index contributed by atoms with van der Waals surface area (Å²) in [6.45, 7) is 2.06. The Morgan fingerprint density at radius 2 is 2.00 bits per heavy atom. The van der Waals surface area contributed by atoms with Crippen LogP contribution in [0.3, 0.4) is 0 Å². The van der Waals surface area contributed by atoms with E-state index in [1.807, 2.05) is 6.92 Å². The molecule has 6 heteroatoms. The van der Waals surface area contributed by atoms with E-state index in [2.05, 4.69) is 4.52 Å². The predicted molar refractivity (Wildman–Crippen MR) is 32.9 cm³/mol. The molecule has 0 atom stereocenters. The van der Waals surface area contributed by atoms with E-state index in [0.29, 0.717) is 6.42 Å². The van der Waals surface area contributed by atoms with Crippen LogP contribution in [0.4, 0.5) is 0 Å². The molecule has 0 unspecified atom stereocenters. The standard InChI is InChI=1S/C4H11O4P.K/c1-2-3-4-8-9(5,6)7;/h2-4H2,1H3,(H2,5,6,7);/q;+1. The summed E-state index contributed by atoms with van der Waals surface area (Å²) in [6, 6.07) is 0. The molecule has 10 heavy (non-hydrogen) atoms. The Kier molecular flexibility index (Phi) is 10.6. The minimum atomic E-state index is -4.20. The molecule has 56 valence electrons. The van der Waals surface area contributed by atoms with Crippen LogP contribution in [0, 0.1) is 0 Å². The van der Waals surface area contributed by atoms with Crippen LogP contribution in [-0.2, 0) is 9.09 Å². The van der Waals surface area contributed by atoms with Gasteiger partial charge in [-0.05, 0) is 6.42 Å². The third-order valence-electron chi connectivity index (χ3n) is 0.757. The van der Waals surface area contributed by atoms with Crippen molar-refractivity contribution in [3.63, 3.8) is 0 Å². The normalized spacial score (nSPS) is 10.7. The average Bonchev–Trinajstić information content (AvgIpc) is 1.63. The van der Waals surface area contributed by atoms with Gasteiger partial charge in [0.15, 0.2) is 0 Å². The van der Waals surface area contributed by atoms with Crippen molar-refractivity contribution in [2.75, 3.05) is 6.61 Å². The Labute approximate surface area is 103 Å². The summed E-state index contributed by atoms with van der Waals surface area (Å²) < 4.78 is 14.1. The minimum Gasteiger partial charge on any atom is -0.303 e. The zero-order chi connectivity index (χ0) is 7.33. The van der Waals surface area contributed by atoms with Crippen LogP contribution in [0.2, 0.25) is 0 Å². The second-order valence-corrected chi connectivity index (χ2v) is 2.92. The molecule has 0 bridgehead atoms. The Morgan fingerprint density at radius 1 is 1.50 bits per heavy atom. The molecule has 0 aliphatic heterocycles. The van der Waals surface area contributed by atoms with Crippen molar-refractivity contribution in [2.45, 2.75) is 19.8 Å². The molecule has 0 saturated heterocycles. The molecule has 0 rings (SSSR count). The number of rotatable bonds is 4. The number of phosphoric acid groups is 1. The van der Waals surface area contributed by atoms with Gasteiger partial charge in [-0.1, -0.05) is 13.3 Å². The summed E-state index contributed by atoms with van der Waals surface area (Å²) in [5.41, 5.74) is 0. The molecular weight excluding hydrogens is 182 g/mol. The summed E-state index contributed by atoms with van der Waals surface area (Å²) in [5, 5.41) is 0. The SMILES string of the molecule is CCCCOP(=O)(O)O.[K+]. The molecule has 0 heterocycles. The monoisotopic (exact) mass is 193 g/mol. The van der Waals surface area contributed by atoms with E-state index < -0.39 is 7.82 Å².